The molecule has 1 aliphatic rings. The van der Waals surface area contributed by atoms with Crippen LogP contribution in [0.25, 0.3) is 0 Å². The van der Waals surface area contributed by atoms with Crippen molar-refractivity contribution in [2.75, 3.05) is 26.2 Å². The van der Waals surface area contributed by atoms with E-state index in [0.717, 1.165) is 5.56 Å². The number of ketones is 2. The van der Waals surface area contributed by atoms with Crippen LogP contribution < -0.4 is 0 Å². The lowest BCUT2D eigenvalue weighted by Gasteiger charge is -2.43. The summed E-state index contributed by atoms with van der Waals surface area (Å²) in [4.78, 5) is 29.3. The molecule has 158 valence electrons. The van der Waals surface area contributed by atoms with Crippen molar-refractivity contribution in [3.63, 3.8) is 0 Å². The minimum Gasteiger partial charge on any atom is -0.395 e. The molecule has 0 spiro atoms. The Hall–Kier alpha value is -3.08. The number of aliphatic hydroxyl groups is 1. The van der Waals surface area contributed by atoms with Gasteiger partial charge in [-0.25, -0.2) is 0 Å². The third-order valence-corrected chi connectivity index (χ3v) is 6.17. The highest BCUT2D eigenvalue weighted by Crippen LogP contribution is 2.40. The number of likely N-dealkylation sites (tertiary alicyclic amines) is 1. The maximum absolute atomic E-state index is 13.6. The van der Waals surface area contributed by atoms with Crippen molar-refractivity contribution in [1.82, 2.24) is 4.90 Å². The number of carbonyl (C=O) groups excluding carboxylic acids is 2. The van der Waals surface area contributed by atoms with Crippen molar-refractivity contribution < 1.29 is 14.7 Å². The molecule has 4 heteroatoms. The highest BCUT2D eigenvalue weighted by Gasteiger charge is 2.44. The molecule has 0 aliphatic carbocycles. The standard InChI is InChI=1S/C27H27NO3/c29-17-16-28-18-23(26(30)21-12-6-2-7-13-21)25(20-10-4-1-5-11-20)24(19-28)27(31)22-14-8-3-9-15-22/h1-15,23-25,29H,16-19H2/t23-,24+,25+. The van der Waals surface area contributed by atoms with Crippen LogP contribution in [0.5, 0.6) is 0 Å². The second-order valence-corrected chi connectivity index (χ2v) is 8.09. The van der Waals surface area contributed by atoms with Gasteiger partial charge in [-0.05, 0) is 5.56 Å². The number of β-amino-alcohol motifs (C(OH)–C–C–N with tert-alkyl or cyclic N) is 1. The van der Waals surface area contributed by atoms with Gasteiger partial charge in [0, 0.05) is 48.5 Å². The second-order valence-electron chi connectivity index (χ2n) is 8.09. The molecule has 3 atom stereocenters. The van der Waals surface area contributed by atoms with Crippen LogP contribution in [0.2, 0.25) is 0 Å². The van der Waals surface area contributed by atoms with Crippen molar-refractivity contribution >= 4 is 11.6 Å². The van der Waals surface area contributed by atoms with Crippen LogP contribution in [0.15, 0.2) is 91.0 Å². The van der Waals surface area contributed by atoms with Crippen molar-refractivity contribution in [3.8, 4) is 0 Å². The Kier molecular flexibility index (Phi) is 6.70. The van der Waals surface area contributed by atoms with E-state index in [1.165, 1.54) is 0 Å². The first kappa shape index (κ1) is 21.2. The zero-order valence-electron chi connectivity index (χ0n) is 17.4. The molecule has 0 amide bonds. The van der Waals surface area contributed by atoms with E-state index in [4.69, 9.17) is 0 Å². The average molecular weight is 414 g/mol. The molecule has 4 rings (SSSR count). The predicted molar refractivity (Wildman–Crippen MR) is 121 cm³/mol. The van der Waals surface area contributed by atoms with Gasteiger partial charge in [0.2, 0.25) is 0 Å². The van der Waals surface area contributed by atoms with E-state index in [1.807, 2.05) is 91.0 Å². The van der Waals surface area contributed by atoms with E-state index >= 15 is 0 Å². The monoisotopic (exact) mass is 413 g/mol. The Labute approximate surface area is 183 Å². The van der Waals surface area contributed by atoms with Gasteiger partial charge < -0.3 is 5.11 Å². The number of benzene rings is 3. The Bertz CT molecular complexity index is 943. The van der Waals surface area contributed by atoms with Crippen molar-refractivity contribution in [1.29, 1.82) is 0 Å². The van der Waals surface area contributed by atoms with E-state index in [9.17, 15) is 14.7 Å². The Morgan fingerprint density at radius 2 is 1.13 bits per heavy atom. The molecule has 0 unspecified atom stereocenters. The van der Waals surface area contributed by atoms with Gasteiger partial charge in [0.15, 0.2) is 11.6 Å². The number of aliphatic hydroxyl groups excluding tert-OH is 1. The molecule has 1 fully saturated rings. The lowest BCUT2D eigenvalue weighted by molar-refractivity contribution is 0.0530. The fourth-order valence-corrected chi connectivity index (χ4v) is 4.73. The summed E-state index contributed by atoms with van der Waals surface area (Å²) in [7, 11) is 0. The van der Waals surface area contributed by atoms with E-state index in [0.29, 0.717) is 30.8 Å². The van der Waals surface area contributed by atoms with E-state index in [1.54, 1.807) is 0 Å². The lowest BCUT2D eigenvalue weighted by Crippen LogP contribution is -2.51. The Morgan fingerprint density at radius 1 is 0.710 bits per heavy atom. The van der Waals surface area contributed by atoms with Crippen molar-refractivity contribution in [2.24, 2.45) is 11.8 Å². The smallest absolute Gasteiger partial charge is 0.167 e. The quantitative estimate of drug-likeness (QED) is 0.593. The Morgan fingerprint density at radius 3 is 1.55 bits per heavy atom. The molecule has 0 bridgehead atoms. The highest BCUT2D eigenvalue weighted by molar-refractivity contribution is 6.02. The maximum atomic E-state index is 13.6. The molecule has 31 heavy (non-hydrogen) atoms. The average Bonchev–Trinajstić information content (AvgIpc) is 2.84. The summed E-state index contributed by atoms with van der Waals surface area (Å²) in [6, 6.07) is 28.5. The maximum Gasteiger partial charge on any atom is 0.167 e. The van der Waals surface area contributed by atoms with Gasteiger partial charge in [0.25, 0.3) is 0 Å². The second kappa shape index (κ2) is 9.82. The summed E-state index contributed by atoms with van der Waals surface area (Å²) in [6.07, 6.45) is 0. The molecule has 0 aromatic heterocycles. The van der Waals surface area contributed by atoms with Crippen LogP contribution >= 0.6 is 0 Å². The fourth-order valence-electron chi connectivity index (χ4n) is 4.73. The van der Waals surface area contributed by atoms with Gasteiger partial charge in [-0.1, -0.05) is 91.0 Å². The first-order valence-electron chi connectivity index (χ1n) is 10.8. The molecular weight excluding hydrogens is 386 g/mol. The molecule has 0 radical (unpaired) electrons. The van der Waals surface area contributed by atoms with Gasteiger partial charge in [-0.2, -0.15) is 0 Å². The number of carbonyl (C=O) groups is 2. The van der Waals surface area contributed by atoms with Crippen LogP contribution in [0.3, 0.4) is 0 Å². The van der Waals surface area contributed by atoms with Crippen LogP contribution in [-0.2, 0) is 0 Å². The molecular formula is C27H27NO3. The highest BCUT2D eigenvalue weighted by atomic mass is 16.3. The van der Waals surface area contributed by atoms with E-state index in [2.05, 4.69) is 4.90 Å². The first-order chi connectivity index (χ1) is 15.2. The van der Waals surface area contributed by atoms with Crippen molar-refractivity contribution in [3.05, 3.63) is 108 Å². The van der Waals surface area contributed by atoms with E-state index < -0.39 is 0 Å². The number of rotatable bonds is 7. The van der Waals surface area contributed by atoms with Gasteiger partial charge in [0.1, 0.15) is 0 Å². The van der Waals surface area contributed by atoms with E-state index in [-0.39, 0.29) is 35.9 Å². The minimum absolute atomic E-state index is 0.00546. The predicted octanol–water partition coefficient (Wildman–Crippen LogP) is 4.08. The molecule has 0 saturated carbocycles. The molecule has 1 aliphatic heterocycles. The number of hydrogen-bond acceptors (Lipinski definition) is 4. The number of piperidine rings is 1. The first-order valence-corrected chi connectivity index (χ1v) is 10.8. The summed E-state index contributed by atoms with van der Waals surface area (Å²) in [6.45, 7) is 1.48. The minimum atomic E-state index is -0.372. The normalized spacial score (nSPS) is 21.5. The number of hydrogen-bond donors (Lipinski definition) is 1. The lowest BCUT2D eigenvalue weighted by atomic mass is 9.68. The number of nitrogens with zero attached hydrogens (tertiary/aromatic N) is 1. The number of Topliss-reactive ketones (excluding diaryl/α,β-unsaturated/α-hetero) is 2. The van der Waals surface area contributed by atoms with Crippen LogP contribution in [0.1, 0.15) is 32.2 Å². The summed E-state index contributed by atoms with van der Waals surface area (Å²) in [5.74, 6) is -0.881. The van der Waals surface area contributed by atoms with Crippen LogP contribution in [0, 0.1) is 11.8 Å². The zero-order valence-corrected chi connectivity index (χ0v) is 17.4. The largest absolute Gasteiger partial charge is 0.395 e. The molecule has 1 N–H and O–H groups in total. The van der Waals surface area contributed by atoms with Gasteiger partial charge in [0.05, 0.1) is 6.61 Å². The van der Waals surface area contributed by atoms with Crippen LogP contribution in [-0.4, -0.2) is 47.8 Å². The van der Waals surface area contributed by atoms with Crippen molar-refractivity contribution in [2.45, 2.75) is 5.92 Å². The third kappa shape index (κ3) is 4.66. The summed E-state index contributed by atoms with van der Waals surface area (Å²) < 4.78 is 0. The summed E-state index contributed by atoms with van der Waals surface area (Å²) in [5, 5.41) is 9.57. The van der Waals surface area contributed by atoms with Gasteiger partial charge in [-0.3, -0.25) is 14.5 Å². The molecule has 1 heterocycles. The fraction of sp³-hybridized carbons (Fsp3) is 0.259. The molecule has 4 nitrogen and oxygen atoms in total. The molecule has 3 aromatic carbocycles. The SMILES string of the molecule is O=C(c1ccccc1)[C@H]1CN(CCO)C[C@@H](C(=O)c2ccccc2)[C@@H]1c1ccccc1. The van der Waals surface area contributed by atoms with Crippen LogP contribution in [0.4, 0.5) is 0 Å². The molecule has 1 saturated heterocycles. The topological polar surface area (TPSA) is 57.6 Å². The summed E-state index contributed by atoms with van der Waals surface area (Å²) in [5.41, 5.74) is 2.32. The summed E-state index contributed by atoms with van der Waals surface area (Å²) >= 11 is 0. The Balaban J connectivity index is 1.78. The van der Waals surface area contributed by atoms with Gasteiger partial charge >= 0.3 is 0 Å². The zero-order chi connectivity index (χ0) is 21.6. The molecule has 3 aromatic rings. The third-order valence-electron chi connectivity index (χ3n) is 6.17. The van der Waals surface area contributed by atoms with Gasteiger partial charge in [-0.15, -0.1) is 0 Å².